The third-order valence-electron chi connectivity index (χ3n) is 6.36. The maximum atomic E-state index is 5.90. The van der Waals surface area contributed by atoms with Gasteiger partial charge in [-0.05, 0) is 68.2 Å². The van der Waals surface area contributed by atoms with Crippen molar-refractivity contribution in [2.45, 2.75) is 63.2 Å². The van der Waals surface area contributed by atoms with Gasteiger partial charge in [0.25, 0.3) is 0 Å². The van der Waals surface area contributed by atoms with E-state index in [0.29, 0.717) is 25.2 Å². The first-order valence-electron chi connectivity index (χ1n) is 11.4. The van der Waals surface area contributed by atoms with Crippen molar-refractivity contribution in [1.82, 2.24) is 4.98 Å². The number of methoxy groups -OCH3 is 2. The van der Waals surface area contributed by atoms with Crippen molar-refractivity contribution in [3.8, 4) is 11.5 Å². The summed E-state index contributed by atoms with van der Waals surface area (Å²) in [6.07, 6.45) is 8.93. The van der Waals surface area contributed by atoms with E-state index in [2.05, 4.69) is 34.6 Å². The quantitative estimate of drug-likeness (QED) is 0.613. The monoisotopic (exact) mass is 426 g/mol. The van der Waals surface area contributed by atoms with Gasteiger partial charge >= 0.3 is 0 Å². The highest BCUT2D eigenvalue weighted by molar-refractivity contribution is 5.58. The number of benzene rings is 1. The van der Waals surface area contributed by atoms with Crippen molar-refractivity contribution >= 4 is 5.69 Å². The van der Waals surface area contributed by atoms with Gasteiger partial charge in [-0.3, -0.25) is 4.98 Å². The Hall–Kier alpha value is -2.31. The molecule has 6 heteroatoms. The van der Waals surface area contributed by atoms with Crippen LogP contribution in [0.15, 0.2) is 36.5 Å². The second-order valence-corrected chi connectivity index (χ2v) is 8.48. The Bertz CT molecular complexity index is 813. The number of anilines is 1. The van der Waals surface area contributed by atoms with Gasteiger partial charge in [0.2, 0.25) is 0 Å². The van der Waals surface area contributed by atoms with Crippen LogP contribution in [0.5, 0.6) is 11.5 Å². The highest BCUT2D eigenvalue weighted by Gasteiger charge is 2.24. The largest absolute Gasteiger partial charge is 0.493 e. The van der Waals surface area contributed by atoms with Crippen LogP contribution in [-0.4, -0.2) is 44.6 Å². The molecule has 0 spiro atoms. The Labute approximate surface area is 185 Å². The molecule has 2 heterocycles. The van der Waals surface area contributed by atoms with E-state index in [9.17, 15) is 0 Å². The van der Waals surface area contributed by atoms with Crippen molar-refractivity contribution in [2.24, 2.45) is 0 Å². The van der Waals surface area contributed by atoms with E-state index >= 15 is 0 Å². The molecule has 0 radical (unpaired) electrons. The molecule has 31 heavy (non-hydrogen) atoms. The molecule has 2 fully saturated rings. The molecular formula is C25H34N2O4. The summed E-state index contributed by atoms with van der Waals surface area (Å²) in [7, 11) is 3.36. The molecule has 2 aliphatic rings. The van der Waals surface area contributed by atoms with E-state index < -0.39 is 0 Å². The molecule has 1 N–H and O–H groups in total. The normalized spacial score (nSPS) is 23.5. The molecule has 1 aliphatic heterocycles. The molecule has 1 unspecified atom stereocenters. The average Bonchev–Trinajstić information content (AvgIpc) is 3.33. The van der Waals surface area contributed by atoms with Crippen LogP contribution in [0.1, 0.15) is 55.7 Å². The fraction of sp³-hybridized carbons (Fsp3) is 0.560. The van der Waals surface area contributed by atoms with E-state index in [0.717, 1.165) is 55.2 Å². The lowest BCUT2D eigenvalue weighted by Gasteiger charge is -2.30. The van der Waals surface area contributed by atoms with Crippen molar-refractivity contribution in [3.05, 3.63) is 47.8 Å². The van der Waals surface area contributed by atoms with Gasteiger partial charge in [-0.15, -0.1) is 0 Å². The number of hydrogen-bond acceptors (Lipinski definition) is 6. The van der Waals surface area contributed by atoms with Crippen LogP contribution in [0.3, 0.4) is 0 Å². The number of nitrogens with zero attached hydrogens (tertiary/aromatic N) is 1. The second-order valence-electron chi connectivity index (χ2n) is 8.48. The lowest BCUT2D eigenvalue weighted by atomic mass is 9.81. The molecule has 1 saturated carbocycles. The Morgan fingerprint density at radius 1 is 1.03 bits per heavy atom. The Morgan fingerprint density at radius 2 is 1.84 bits per heavy atom. The first-order chi connectivity index (χ1) is 15.3. The third kappa shape index (κ3) is 5.69. The van der Waals surface area contributed by atoms with Crippen LogP contribution in [0.2, 0.25) is 0 Å². The van der Waals surface area contributed by atoms with E-state index in [1.165, 1.54) is 18.4 Å². The first kappa shape index (κ1) is 21.9. The minimum absolute atomic E-state index is 0.257. The van der Waals surface area contributed by atoms with Gasteiger partial charge in [0.15, 0.2) is 5.75 Å². The molecule has 168 valence electrons. The molecule has 1 aliphatic carbocycles. The standard InChI is InChI=1S/C25H34N2O4/c1-28-17-24-25(29-2)23(13-14-26-24)27-20-9-5-18(6-10-20)19-7-11-21(12-8-19)31-16-22-4-3-15-30-22/h7-8,11-14,18,20,22H,3-6,9-10,15-17H2,1-2H3,(H,26,27)/t18-,20+,22?. The second kappa shape index (κ2) is 10.8. The lowest BCUT2D eigenvalue weighted by molar-refractivity contribution is 0.0679. The lowest BCUT2D eigenvalue weighted by Crippen LogP contribution is -2.25. The van der Waals surface area contributed by atoms with Crippen LogP contribution >= 0.6 is 0 Å². The summed E-state index contributed by atoms with van der Waals surface area (Å²) in [6.45, 7) is 1.96. The summed E-state index contributed by atoms with van der Waals surface area (Å²) < 4.78 is 22.4. The number of hydrogen-bond donors (Lipinski definition) is 1. The SMILES string of the molecule is COCc1nccc(N[C@H]2CC[C@@H](c3ccc(OCC4CCCO4)cc3)CC2)c1OC. The molecule has 2 aromatic rings. The zero-order chi connectivity index (χ0) is 21.5. The Balaban J connectivity index is 1.28. The highest BCUT2D eigenvalue weighted by Crippen LogP contribution is 2.36. The number of pyridine rings is 1. The van der Waals surface area contributed by atoms with Gasteiger partial charge in [-0.25, -0.2) is 0 Å². The summed E-state index contributed by atoms with van der Waals surface area (Å²) in [5.41, 5.74) is 3.23. The van der Waals surface area contributed by atoms with Crippen LogP contribution in [0, 0.1) is 0 Å². The molecule has 1 saturated heterocycles. The van der Waals surface area contributed by atoms with Crippen molar-refractivity contribution in [3.63, 3.8) is 0 Å². The van der Waals surface area contributed by atoms with Crippen LogP contribution in [0.4, 0.5) is 5.69 Å². The van der Waals surface area contributed by atoms with E-state index in [1.54, 1.807) is 14.2 Å². The summed E-state index contributed by atoms with van der Waals surface area (Å²) >= 11 is 0. The molecule has 0 bridgehead atoms. The third-order valence-corrected chi connectivity index (χ3v) is 6.36. The summed E-state index contributed by atoms with van der Waals surface area (Å²) in [5.74, 6) is 2.32. The average molecular weight is 427 g/mol. The molecule has 1 aromatic heterocycles. The van der Waals surface area contributed by atoms with Gasteiger partial charge in [0.05, 0.1) is 25.5 Å². The van der Waals surface area contributed by atoms with Gasteiger partial charge in [0.1, 0.15) is 18.1 Å². The molecular weight excluding hydrogens is 392 g/mol. The zero-order valence-corrected chi connectivity index (χ0v) is 18.6. The fourth-order valence-corrected chi connectivity index (χ4v) is 4.66. The van der Waals surface area contributed by atoms with E-state index in [4.69, 9.17) is 18.9 Å². The number of ether oxygens (including phenoxy) is 4. The van der Waals surface area contributed by atoms with Gasteiger partial charge in [-0.1, -0.05) is 12.1 Å². The maximum Gasteiger partial charge on any atom is 0.165 e. The summed E-state index contributed by atoms with van der Waals surface area (Å²) in [5, 5.41) is 3.67. The first-order valence-corrected chi connectivity index (χ1v) is 11.4. The molecule has 6 nitrogen and oxygen atoms in total. The highest BCUT2D eigenvalue weighted by atomic mass is 16.5. The zero-order valence-electron chi connectivity index (χ0n) is 18.6. The van der Waals surface area contributed by atoms with E-state index in [1.807, 2.05) is 12.3 Å². The summed E-state index contributed by atoms with van der Waals surface area (Å²) in [4.78, 5) is 4.38. The summed E-state index contributed by atoms with van der Waals surface area (Å²) in [6, 6.07) is 11.1. The van der Waals surface area contributed by atoms with Gasteiger partial charge in [-0.2, -0.15) is 0 Å². The van der Waals surface area contributed by atoms with Crippen molar-refractivity contribution in [2.75, 3.05) is 32.8 Å². The van der Waals surface area contributed by atoms with E-state index in [-0.39, 0.29) is 6.10 Å². The van der Waals surface area contributed by atoms with Gasteiger partial charge in [0, 0.05) is 26.0 Å². The fourth-order valence-electron chi connectivity index (χ4n) is 4.66. The maximum absolute atomic E-state index is 5.90. The van der Waals surface area contributed by atoms with Crippen LogP contribution in [-0.2, 0) is 16.1 Å². The molecule has 1 aromatic carbocycles. The van der Waals surface area contributed by atoms with Crippen molar-refractivity contribution in [1.29, 1.82) is 0 Å². The number of aromatic nitrogens is 1. The molecule has 1 atom stereocenters. The topological polar surface area (TPSA) is 61.8 Å². The minimum Gasteiger partial charge on any atom is -0.493 e. The minimum atomic E-state index is 0.257. The van der Waals surface area contributed by atoms with Gasteiger partial charge < -0.3 is 24.3 Å². The molecule has 4 rings (SSSR count). The van der Waals surface area contributed by atoms with Crippen LogP contribution < -0.4 is 14.8 Å². The Kier molecular flexibility index (Phi) is 7.65. The molecule has 0 amide bonds. The van der Waals surface area contributed by atoms with Crippen LogP contribution in [0.25, 0.3) is 0 Å². The Morgan fingerprint density at radius 3 is 2.52 bits per heavy atom. The smallest absolute Gasteiger partial charge is 0.165 e. The number of rotatable bonds is 9. The van der Waals surface area contributed by atoms with Crippen molar-refractivity contribution < 1.29 is 18.9 Å². The predicted molar refractivity (Wildman–Crippen MR) is 121 cm³/mol. The predicted octanol–water partition coefficient (Wildman–Crippen LogP) is 4.93. The number of nitrogens with one attached hydrogen (secondary N) is 1.